The summed E-state index contributed by atoms with van der Waals surface area (Å²) >= 11 is 0. The van der Waals surface area contributed by atoms with E-state index in [4.69, 9.17) is 0 Å². The zero-order valence-electron chi connectivity index (χ0n) is 17.5. The third-order valence-electron chi connectivity index (χ3n) is 6.77. The van der Waals surface area contributed by atoms with Crippen LogP contribution in [0.5, 0.6) is 0 Å². The number of halogens is 3. The average Bonchev–Trinajstić information content (AvgIpc) is 3.59. The van der Waals surface area contributed by atoms with Gasteiger partial charge in [0.25, 0.3) is 0 Å². The summed E-state index contributed by atoms with van der Waals surface area (Å²) in [5.74, 6) is -0.0685. The van der Waals surface area contributed by atoms with E-state index in [0.29, 0.717) is 31.0 Å². The van der Waals surface area contributed by atoms with Crippen LogP contribution in [-0.2, 0) is 21.0 Å². The molecule has 1 saturated heterocycles. The fourth-order valence-electron chi connectivity index (χ4n) is 4.91. The van der Waals surface area contributed by atoms with Gasteiger partial charge in [-0.15, -0.1) is 0 Å². The van der Waals surface area contributed by atoms with E-state index in [9.17, 15) is 26.4 Å². The molecule has 0 bridgehead atoms. The van der Waals surface area contributed by atoms with Crippen LogP contribution in [0.2, 0.25) is 0 Å². The lowest BCUT2D eigenvalue weighted by molar-refractivity contribution is -0.140. The van der Waals surface area contributed by atoms with Crippen molar-refractivity contribution in [2.75, 3.05) is 13.1 Å². The summed E-state index contributed by atoms with van der Waals surface area (Å²) in [6.45, 7) is 0.302. The molecule has 1 amide bonds. The zero-order valence-corrected chi connectivity index (χ0v) is 18.3. The van der Waals surface area contributed by atoms with Gasteiger partial charge in [0.15, 0.2) is 0 Å². The molecule has 4 rings (SSSR count). The van der Waals surface area contributed by atoms with Gasteiger partial charge in [0, 0.05) is 31.1 Å². The number of nitrogens with zero attached hydrogens (tertiary/aromatic N) is 2. The normalized spacial score (nSPS) is 22.4. The highest BCUT2D eigenvalue weighted by Crippen LogP contribution is 2.37. The lowest BCUT2D eigenvalue weighted by atomic mass is 9.91. The van der Waals surface area contributed by atoms with E-state index in [0.717, 1.165) is 50.7 Å². The van der Waals surface area contributed by atoms with Gasteiger partial charge in [-0.2, -0.15) is 17.5 Å². The molecule has 3 aliphatic rings. The van der Waals surface area contributed by atoms with Crippen LogP contribution in [0.1, 0.15) is 63.4 Å². The van der Waals surface area contributed by atoms with Crippen molar-refractivity contribution in [1.29, 1.82) is 0 Å². The molecule has 172 valence electrons. The van der Waals surface area contributed by atoms with Gasteiger partial charge in [-0.05, 0) is 56.7 Å². The average molecular weight is 459 g/mol. The number of alkyl halides is 3. The highest BCUT2D eigenvalue weighted by Gasteiger charge is 2.42. The standard InChI is InChI=1S/C22H29F3N2O3S/c23-22(24,25)17-5-4-8-20(15-17)31(29,30)26-13-11-16(12-14-26)21(28)27(19-9-10-19)18-6-2-1-3-7-18/h4-5,8,15-16,18-19H,1-3,6-7,9-14H2. The molecule has 0 aromatic heterocycles. The Morgan fingerprint density at radius 2 is 1.55 bits per heavy atom. The van der Waals surface area contributed by atoms with E-state index in [1.165, 1.54) is 16.8 Å². The van der Waals surface area contributed by atoms with Gasteiger partial charge in [-0.1, -0.05) is 25.3 Å². The van der Waals surface area contributed by atoms with E-state index in [2.05, 4.69) is 4.90 Å². The first-order chi connectivity index (χ1) is 14.7. The monoisotopic (exact) mass is 458 g/mol. The molecule has 1 heterocycles. The Kier molecular flexibility index (Phi) is 6.36. The molecule has 3 fully saturated rings. The highest BCUT2D eigenvalue weighted by molar-refractivity contribution is 7.89. The van der Waals surface area contributed by atoms with Crippen molar-refractivity contribution in [1.82, 2.24) is 9.21 Å². The van der Waals surface area contributed by atoms with Crippen LogP contribution >= 0.6 is 0 Å². The number of hydrogen-bond acceptors (Lipinski definition) is 3. The SMILES string of the molecule is O=C(C1CCN(S(=O)(=O)c2cccc(C(F)(F)F)c2)CC1)N(C1CCCCC1)C1CC1. The van der Waals surface area contributed by atoms with E-state index >= 15 is 0 Å². The molecule has 0 unspecified atom stereocenters. The van der Waals surface area contributed by atoms with Crippen LogP contribution in [0.15, 0.2) is 29.2 Å². The van der Waals surface area contributed by atoms with Gasteiger partial charge in [-0.3, -0.25) is 4.79 Å². The van der Waals surface area contributed by atoms with Crippen LogP contribution in [0.4, 0.5) is 13.2 Å². The topological polar surface area (TPSA) is 57.7 Å². The smallest absolute Gasteiger partial charge is 0.336 e. The number of sulfonamides is 1. The molecule has 1 aliphatic heterocycles. The van der Waals surface area contributed by atoms with Crippen molar-refractivity contribution in [3.8, 4) is 0 Å². The first-order valence-corrected chi connectivity index (χ1v) is 12.6. The maximum atomic E-state index is 13.3. The Morgan fingerprint density at radius 3 is 2.13 bits per heavy atom. The van der Waals surface area contributed by atoms with E-state index in [1.807, 2.05) is 0 Å². The third-order valence-corrected chi connectivity index (χ3v) is 8.66. The van der Waals surface area contributed by atoms with Gasteiger partial charge >= 0.3 is 6.18 Å². The molecular formula is C22H29F3N2O3S. The van der Waals surface area contributed by atoms with E-state index < -0.39 is 21.8 Å². The van der Waals surface area contributed by atoms with Crippen LogP contribution in [0.3, 0.4) is 0 Å². The number of hydrogen-bond donors (Lipinski definition) is 0. The summed E-state index contributed by atoms with van der Waals surface area (Å²) in [5, 5.41) is 0. The molecule has 31 heavy (non-hydrogen) atoms. The molecule has 9 heteroatoms. The summed E-state index contributed by atoms with van der Waals surface area (Å²) in [5.41, 5.74) is -0.980. The van der Waals surface area contributed by atoms with Gasteiger partial charge in [-0.25, -0.2) is 8.42 Å². The summed E-state index contributed by atoms with van der Waals surface area (Å²) < 4.78 is 66.0. The minimum atomic E-state index is -4.60. The molecule has 0 atom stereocenters. The van der Waals surface area contributed by atoms with Crippen LogP contribution in [0.25, 0.3) is 0 Å². The van der Waals surface area contributed by atoms with Crippen molar-refractivity contribution >= 4 is 15.9 Å². The van der Waals surface area contributed by atoms with E-state index in [-0.39, 0.29) is 29.8 Å². The highest BCUT2D eigenvalue weighted by atomic mass is 32.2. The fraction of sp³-hybridized carbons (Fsp3) is 0.682. The predicted octanol–water partition coefficient (Wildman–Crippen LogP) is 4.43. The van der Waals surface area contributed by atoms with Crippen molar-refractivity contribution < 1.29 is 26.4 Å². The number of carbonyl (C=O) groups is 1. The number of piperidine rings is 1. The third kappa shape index (κ3) is 4.92. The number of rotatable bonds is 5. The second-order valence-electron chi connectivity index (χ2n) is 8.97. The Morgan fingerprint density at radius 1 is 0.935 bits per heavy atom. The van der Waals surface area contributed by atoms with Crippen molar-refractivity contribution in [2.24, 2.45) is 5.92 Å². The number of carbonyl (C=O) groups excluding carboxylic acids is 1. The molecule has 2 aliphatic carbocycles. The first kappa shape index (κ1) is 22.6. The first-order valence-electron chi connectivity index (χ1n) is 11.2. The van der Waals surface area contributed by atoms with Crippen LogP contribution in [-0.4, -0.2) is 48.7 Å². The fourth-order valence-corrected chi connectivity index (χ4v) is 6.42. The lowest BCUT2D eigenvalue weighted by Gasteiger charge is -2.39. The molecule has 1 aromatic rings. The number of benzene rings is 1. The lowest BCUT2D eigenvalue weighted by Crippen LogP contribution is -2.49. The quantitative estimate of drug-likeness (QED) is 0.656. The molecule has 0 spiro atoms. The second-order valence-corrected chi connectivity index (χ2v) is 10.9. The Balaban J connectivity index is 1.42. The van der Waals surface area contributed by atoms with Gasteiger partial charge in [0.05, 0.1) is 10.5 Å². The van der Waals surface area contributed by atoms with Gasteiger partial charge in [0.1, 0.15) is 0 Å². The number of amides is 1. The van der Waals surface area contributed by atoms with Gasteiger partial charge in [0.2, 0.25) is 15.9 Å². The maximum Gasteiger partial charge on any atom is 0.416 e. The van der Waals surface area contributed by atoms with Crippen LogP contribution < -0.4 is 0 Å². The van der Waals surface area contributed by atoms with Gasteiger partial charge < -0.3 is 4.90 Å². The van der Waals surface area contributed by atoms with E-state index in [1.54, 1.807) is 0 Å². The van der Waals surface area contributed by atoms with Crippen molar-refractivity contribution in [3.05, 3.63) is 29.8 Å². The minimum Gasteiger partial charge on any atom is -0.336 e. The molecule has 0 radical (unpaired) electrons. The largest absolute Gasteiger partial charge is 0.416 e. The molecule has 2 saturated carbocycles. The summed E-state index contributed by atoms with van der Waals surface area (Å²) in [6, 6.07) is 4.50. The predicted molar refractivity (Wildman–Crippen MR) is 110 cm³/mol. The second kappa shape index (κ2) is 8.73. The van der Waals surface area contributed by atoms with Crippen LogP contribution in [0, 0.1) is 5.92 Å². The Bertz CT molecular complexity index is 901. The summed E-state index contributed by atoms with van der Waals surface area (Å²) in [7, 11) is -4.03. The van der Waals surface area contributed by atoms with Crippen molar-refractivity contribution in [3.63, 3.8) is 0 Å². The Hall–Kier alpha value is -1.61. The maximum absolute atomic E-state index is 13.3. The van der Waals surface area contributed by atoms with Crippen molar-refractivity contribution in [2.45, 2.75) is 80.9 Å². The summed E-state index contributed by atoms with van der Waals surface area (Å²) in [4.78, 5) is 15.0. The Labute approximate surface area is 181 Å². The summed E-state index contributed by atoms with van der Waals surface area (Å²) in [6.07, 6.45) is 3.92. The minimum absolute atomic E-state index is 0.144. The molecule has 0 N–H and O–H groups in total. The zero-order chi connectivity index (χ0) is 22.2. The molecule has 5 nitrogen and oxygen atoms in total. The molecule has 1 aromatic carbocycles. The molecular weight excluding hydrogens is 429 g/mol.